The van der Waals surface area contributed by atoms with Crippen LogP contribution >= 0.6 is 11.3 Å². The average Bonchev–Trinajstić information content (AvgIpc) is 2.91. The third kappa shape index (κ3) is 3.03. The zero-order valence-corrected chi connectivity index (χ0v) is 11.6. The summed E-state index contributed by atoms with van der Waals surface area (Å²) in [5.41, 5.74) is 8.91. The largest absolute Gasteiger partial charge is 0.327 e. The molecule has 0 fully saturated rings. The van der Waals surface area contributed by atoms with Gasteiger partial charge in [-0.2, -0.15) is 11.3 Å². The van der Waals surface area contributed by atoms with E-state index in [1.54, 1.807) is 11.3 Å². The lowest BCUT2D eigenvalue weighted by Crippen LogP contribution is -2.25. The van der Waals surface area contributed by atoms with Crippen LogP contribution in [-0.2, 0) is 12.8 Å². The highest BCUT2D eigenvalue weighted by molar-refractivity contribution is 7.07. The first-order valence-electron chi connectivity index (χ1n) is 6.55. The molecule has 0 saturated carbocycles. The van der Waals surface area contributed by atoms with Crippen molar-refractivity contribution in [1.82, 2.24) is 0 Å². The van der Waals surface area contributed by atoms with E-state index < -0.39 is 0 Å². The molecule has 1 unspecified atom stereocenters. The highest BCUT2D eigenvalue weighted by atomic mass is 32.1. The van der Waals surface area contributed by atoms with Crippen molar-refractivity contribution in [2.75, 3.05) is 0 Å². The van der Waals surface area contributed by atoms with Gasteiger partial charge >= 0.3 is 0 Å². The Bertz CT molecular complexity index is 658. The van der Waals surface area contributed by atoms with Crippen LogP contribution in [-0.4, -0.2) is 6.04 Å². The lowest BCUT2D eigenvalue weighted by atomic mass is 9.99. The van der Waals surface area contributed by atoms with Gasteiger partial charge in [-0.3, -0.25) is 0 Å². The summed E-state index contributed by atoms with van der Waals surface area (Å²) in [7, 11) is 0. The van der Waals surface area contributed by atoms with Gasteiger partial charge in [0.1, 0.15) is 0 Å². The molecule has 1 atom stereocenters. The van der Waals surface area contributed by atoms with Crippen molar-refractivity contribution < 1.29 is 0 Å². The standard InChI is InChI=1S/C17H17NS/c18-17(11-14-7-8-19-12-14)10-13-5-6-15-3-1-2-4-16(15)9-13/h1-9,12,17H,10-11,18H2. The first-order chi connectivity index (χ1) is 9.31. The Kier molecular flexibility index (Phi) is 3.62. The molecule has 0 aliphatic heterocycles. The molecule has 19 heavy (non-hydrogen) atoms. The van der Waals surface area contributed by atoms with Gasteiger partial charge in [0.05, 0.1) is 0 Å². The monoisotopic (exact) mass is 267 g/mol. The van der Waals surface area contributed by atoms with E-state index in [1.807, 2.05) is 0 Å². The van der Waals surface area contributed by atoms with Gasteiger partial charge < -0.3 is 5.73 Å². The van der Waals surface area contributed by atoms with E-state index in [0.29, 0.717) is 0 Å². The lowest BCUT2D eigenvalue weighted by Gasteiger charge is -2.11. The fourth-order valence-electron chi connectivity index (χ4n) is 2.45. The predicted octanol–water partition coefficient (Wildman–Crippen LogP) is 4.01. The van der Waals surface area contributed by atoms with Crippen LogP contribution in [0.3, 0.4) is 0 Å². The van der Waals surface area contributed by atoms with Gasteiger partial charge in [0.25, 0.3) is 0 Å². The van der Waals surface area contributed by atoms with Crippen LogP contribution in [0.15, 0.2) is 59.3 Å². The van der Waals surface area contributed by atoms with Crippen LogP contribution in [0.25, 0.3) is 10.8 Å². The van der Waals surface area contributed by atoms with Gasteiger partial charge in [-0.05, 0) is 51.6 Å². The van der Waals surface area contributed by atoms with Gasteiger partial charge in [-0.15, -0.1) is 0 Å². The molecule has 0 aliphatic rings. The number of rotatable bonds is 4. The van der Waals surface area contributed by atoms with Crippen molar-refractivity contribution in [1.29, 1.82) is 0 Å². The fraction of sp³-hybridized carbons (Fsp3) is 0.176. The van der Waals surface area contributed by atoms with Crippen LogP contribution < -0.4 is 5.73 Å². The highest BCUT2D eigenvalue weighted by Crippen LogP contribution is 2.17. The Morgan fingerprint density at radius 3 is 2.47 bits per heavy atom. The van der Waals surface area contributed by atoms with Crippen LogP contribution in [0.4, 0.5) is 0 Å². The summed E-state index contributed by atoms with van der Waals surface area (Å²) in [6.45, 7) is 0. The Morgan fingerprint density at radius 2 is 1.68 bits per heavy atom. The van der Waals surface area contributed by atoms with Crippen molar-refractivity contribution in [2.24, 2.45) is 5.73 Å². The van der Waals surface area contributed by atoms with E-state index >= 15 is 0 Å². The van der Waals surface area contributed by atoms with E-state index in [0.717, 1.165) is 12.8 Å². The molecule has 96 valence electrons. The maximum absolute atomic E-state index is 6.25. The zero-order chi connectivity index (χ0) is 13.1. The molecule has 0 amide bonds. The Hall–Kier alpha value is -1.64. The maximum atomic E-state index is 6.25. The van der Waals surface area contributed by atoms with Crippen LogP contribution in [0, 0.1) is 0 Å². The van der Waals surface area contributed by atoms with Crippen LogP contribution in [0.2, 0.25) is 0 Å². The van der Waals surface area contributed by atoms with E-state index in [9.17, 15) is 0 Å². The lowest BCUT2D eigenvalue weighted by molar-refractivity contribution is 0.666. The van der Waals surface area contributed by atoms with Crippen molar-refractivity contribution in [2.45, 2.75) is 18.9 Å². The molecule has 0 spiro atoms. The first-order valence-corrected chi connectivity index (χ1v) is 7.50. The van der Waals surface area contributed by atoms with Crippen molar-refractivity contribution in [3.05, 3.63) is 70.4 Å². The van der Waals surface area contributed by atoms with E-state index in [1.165, 1.54) is 21.9 Å². The molecular weight excluding hydrogens is 250 g/mol. The molecule has 2 N–H and O–H groups in total. The number of thiophene rings is 1. The summed E-state index contributed by atoms with van der Waals surface area (Å²) < 4.78 is 0. The molecule has 0 saturated heterocycles. The molecule has 3 rings (SSSR count). The summed E-state index contributed by atoms with van der Waals surface area (Å²) in [5, 5.41) is 6.87. The Labute approximate surface area is 117 Å². The molecule has 1 nitrogen and oxygen atoms in total. The van der Waals surface area contributed by atoms with E-state index in [2.05, 4.69) is 59.3 Å². The summed E-state index contributed by atoms with van der Waals surface area (Å²) >= 11 is 1.73. The van der Waals surface area contributed by atoms with E-state index in [-0.39, 0.29) is 6.04 Å². The topological polar surface area (TPSA) is 26.0 Å². The number of hydrogen-bond acceptors (Lipinski definition) is 2. The third-order valence-electron chi connectivity index (χ3n) is 3.39. The summed E-state index contributed by atoms with van der Waals surface area (Å²) in [6.07, 6.45) is 1.89. The van der Waals surface area contributed by atoms with Gasteiger partial charge in [0, 0.05) is 6.04 Å². The molecule has 0 radical (unpaired) electrons. The molecule has 2 aromatic carbocycles. The molecule has 0 bridgehead atoms. The summed E-state index contributed by atoms with van der Waals surface area (Å²) in [4.78, 5) is 0. The minimum atomic E-state index is 0.191. The molecule has 1 aromatic heterocycles. The van der Waals surface area contributed by atoms with E-state index in [4.69, 9.17) is 5.73 Å². The molecular formula is C17H17NS. The molecule has 1 heterocycles. The zero-order valence-electron chi connectivity index (χ0n) is 10.8. The predicted molar refractivity (Wildman–Crippen MR) is 83.7 cm³/mol. The molecule has 3 aromatic rings. The number of benzene rings is 2. The summed E-state index contributed by atoms with van der Waals surface area (Å²) in [6, 6.07) is 17.4. The number of hydrogen-bond donors (Lipinski definition) is 1. The summed E-state index contributed by atoms with van der Waals surface area (Å²) in [5.74, 6) is 0. The van der Waals surface area contributed by atoms with Gasteiger partial charge in [0.2, 0.25) is 0 Å². The highest BCUT2D eigenvalue weighted by Gasteiger charge is 2.06. The minimum Gasteiger partial charge on any atom is -0.327 e. The first kappa shape index (κ1) is 12.4. The normalized spacial score (nSPS) is 12.7. The molecule has 0 aliphatic carbocycles. The Morgan fingerprint density at radius 1 is 0.895 bits per heavy atom. The van der Waals surface area contributed by atoms with Crippen LogP contribution in [0.1, 0.15) is 11.1 Å². The van der Waals surface area contributed by atoms with Gasteiger partial charge in [0.15, 0.2) is 0 Å². The van der Waals surface area contributed by atoms with Crippen molar-refractivity contribution >= 4 is 22.1 Å². The van der Waals surface area contributed by atoms with Gasteiger partial charge in [-0.1, -0.05) is 42.5 Å². The SMILES string of the molecule is NC(Cc1ccsc1)Cc1ccc2ccccc2c1. The maximum Gasteiger partial charge on any atom is 0.0120 e. The Balaban J connectivity index is 1.73. The van der Waals surface area contributed by atoms with Crippen LogP contribution in [0.5, 0.6) is 0 Å². The number of nitrogens with two attached hydrogens (primary N) is 1. The smallest absolute Gasteiger partial charge is 0.0120 e. The second-order valence-corrected chi connectivity index (χ2v) is 5.76. The van der Waals surface area contributed by atoms with Gasteiger partial charge in [-0.25, -0.2) is 0 Å². The third-order valence-corrected chi connectivity index (χ3v) is 4.12. The average molecular weight is 267 g/mol. The molecule has 2 heteroatoms. The van der Waals surface area contributed by atoms with Crippen molar-refractivity contribution in [3.8, 4) is 0 Å². The second kappa shape index (κ2) is 5.55. The second-order valence-electron chi connectivity index (χ2n) is 4.98. The minimum absolute atomic E-state index is 0.191. The van der Waals surface area contributed by atoms with Crippen molar-refractivity contribution in [3.63, 3.8) is 0 Å². The quantitative estimate of drug-likeness (QED) is 0.759. The number of fused-ring (bicyclic) bond motifs is 1. The fourth-order valence-corrected chi connectivity index (χ4v) is 3.13.